The molecule has 1 fully saturated rings. The summed E-state index contributed by atoms with van der Waals surface area (Å²) in [5.41, 5.74) is 0.300. The van der Waals surface area contributed by atoms with Gasteiger partial charge in [-0.25, -0.2) is 4.79 Å². The van der Waals surface area contributed by atoms with Crippen molar-refractivity contribution in [3.8, 4) is 0 Å². The summed E-state index contributed by atoms with van der Waals surface area (Å²) in [6, 6.07) is 0.564. The van der Waals surface area contributed by atoms with Crippen LogP contribution in [0.3, 0.4) is 0 Å². The van der Waals surface area contributed by atoms with Crippen LogP contribution in [-0.2, 0) is 16.6 Å². The van der Waals surface area contributed by atoms with Crippen molar-refractivity contribution < 1.29 is 19.5 Å². The number of aromatic nitrogens is 1. The number of hydrogen-bond acceptors (Lipinski definition) is 3. The highest BCUT2D eigenvalue weighted by Gasteiger charge is 2.39. The third-order valence-electron chi connectivity index (χ3n) is 3.94. The van der Waals surface area contributed by atoms with E-state index in [0.29, 0.717) is 17.1 Å². The minimum Gasteiger partial charge on any atom is -0.480 e. The Morgan fingerprint density at radius 2 is 2.05 bits per heavy atom. The van der Waals surface area contributed by atoms with Crippen LogP contribution in [0.5, 0.6) is 0 Å². The first-order valence-corrected chi connectivity index (χ1v) is 7.30. The van der Waals surface area contributed by atoms with Crippen LogP contribution < -0.4 is 5.32 Å². The Balaban J connectivity index is 2.29. The number of rotatable bonds is 3. The fourth-order valence-electron chi connectivity index (χ4n) is 2.75. The van der Waals surface area contributed by atoms with Gasteiger partial charge in [-0.05, 0) is 18.9 Å². The van der Waals surface area contributed by atoms with E-state index < -0.39 is 23.8 Å². The number of halogens is 1. The molecule has 0 saturated carbocycles. The minimum atomic E-state index is -1.07. The second kappa shape index (κ2) is 6.39. The molecule has 22 heavy (non-hydrogen) atoms. The number of carbonyl (C=O) groups is 3. The molecule has 0 unspecified atom stereocenters. The molecular weight excluding hydrogens is 310 g/mol. The van der Waals surface area contributed by atoms with E-state index in [-0.39, 0.29) is 18.9 Å². The van der Waals surface area contributed by atoms with Crippen LogP contribution in [0.1, 0.15) is 23.3 Å². The van der Waals surface area contributed by atoms with Crippen molar-refractivity contribution in [1.82, 2.24) is 14.8 Å². The summed E-state index contributed by atoms with van der Waals surface area (Å²) in [4.78, 5) is 37.1. The zero-order valence-corrected chi connectivity index (χ0v) is 13.1. The number of aryl methyl sites for hydroxylation is 1. The van der Waals surface area contributed by atoms with Crippen molar-refractivity contribution in [3.05, 3.63) is 23.0 Å². The van der Waals surface area contributed by atoms with Crippen LogP contribution in [0.15, 0.2) is 12.3 Å². The van der Waals surface area contributed by atoms with Gasteiger partial charge in [0, 0.05) is 26.8 Å². The molecule has 1 aliphatic heterocycles. The molecule has 2 atom stereocenters. The Kier molecular flexibility index (Phi) is 4.75. The maximum Gasteiger partial charge on any atom is 0.326 e. The standard InChI is InChI=1S/C14H18ClN3O4/c1-16-12(19)8-3-4-10(14(21)22)18(6-8)13(20)11-5-9(15)7-17(11)2/h5,7-8,10H,3-4,6H2,1-2H3,(H,16,19)(H,21,22)/t8-,10-/m0/s1. The number of aliphatic carboxylic acids is 1. The third-order valence-corrected chi connectivity index (χ3v) is 4.14. The van der Waals surface area contributed by atoms with Gasteiger partial charge in [-0.3, -0.25) is 9.59 Å². The summed E-state index contributed by atoms with van der Waals surface area (Å²) < 4.78 is 1.55. The second-order valence-electron chi connectivity index (χ2n) is 5.35. The summed E-state index contributed by atoms with van der Waals surface area (Å²) in [6.07, 6.45) is 2.26. The molecule has 2 N–H and O–H groups in total. The van der Waals surface area contributed by atoms with E-state index in [2.05, 4.69) is 5.32 Å². The van der Waals surface area contributed by atoms with Crippen LogP contribution in [0, 0.1) is 5.92 Å². The molecule has 120 valence electrons. The van der Waals surface area contributed by atoms with E-state index in [0.717, 1.165) is 0 Å². The largest absolute Gasteiger partial charge is 0.480 e. The van der Waals surface area contributed by atoms with Crippen LogP contribution in [0.25, 0.3) is 0 Å². The summed E-state index contributed by atoms with van der Waals surface area (Å²) in [5.74, 6) is -2.09. The average molecular weight is 328 g/mol. The van der Waals surface area contributed by atoms with Gasteiger partial charge >= 0.3 is 5.97 Å². The highest BCUT2D eigenvalue weighted by Crippen LogP contribution is 2.25. The van der Waals surface area contributed by atoms with E-state index in [9.17, 15) is 19.5 Å². The monoisotopic (exact) mass is 327 g/mol. The van der Waals surface area contributed by atoms with Crippen molar-refractivity contribution in [2.24, 2.45) is 13.0 Å². The van der Waals surface area contributed by atoms with Crippen LogP contribution in [-0.4, -0.2) is 52.0 Å². The van der Waals surface area contributed by atoms with E-state index in [1.807, 2.05) is 0 Å². The maximum atomic E-state index is 12.7. The predicted molar refractivity (Wildman–Crippen MR) is 79.7 cm³/mol. The van der Waals surface area contributed by atoms with Crippen molar-refractivity contribution in [1.29, 1.82) is 0 Å². The lowest BCUT2D eigenvalue weighted by Crippen LogP contribution is -2.53. The molecule has 0 spiro atoms. The van der Waals surface area contributed by atoms with Gasteiger partial charge in [0.2, 0.25) is 5.91 Å². The summed E-state index contributed by atoms with van der Waals surface area (Å²) in [5, 5.41) is 12.3. The van der Waals surface area contributed by atoms with Crippen molar-refractivity contribution >= 4 is 29.4 Å². The number of nitrogens with one attached hydrogen (secondary N) is 1. The number of piperidine rings is 1. The van der Waals surface area contributed by atoms with Crippen molar-refractivity contribution in [2.45, 2.75) is 18.9 Å². The maximum absolute atomic E-state index is 12.7. The summed E-state index contributed by atoms with van der Waals surface area (Å²) >= 11 is 5.88. The van der Waals surface area contributed by atoms with Crippen molar-refractivity contribution in [3.63, 3.8) is 0 Å². The summed E-state index contributed by atoms with van der Waals surface area (Å²) in [7, 11) is 3.18. The topological polar surface area (TPSA) is 91.6 Å². The number of carbonyl (C=O) groups excluding carboxylic acids is 2. The zero-order valence-electron chi connectivity index (χ0n) is 12.4. The Labute approximate surface area is 132 Å². The molecule has 0 aromatic carbocycles. The highest BCUT2D eigenvalue weighted by atomic mass is 35.5. The smallest absolute Gasteiger partial charge is 0.326 e. The lowest BCUT2D eigenvalue weighted by Gasteiger charge is -2.36. The van der Waals surface area contributed by atoms with Gasteiger partial charge in [0.15, 0.2) is 0 Å². The zero-order chi connectivity index (χ0) is 16.4. The lowest BCUT2D eigenvalue weighted by atomic mass is 9.91. The molecule has 7 nitrogen and oxygen atoms in total. The normalized spacial score (nSPS) is 21.5. The molecule has 1 aromatic rings. The molecule has 0 aliphatic carbocycles. The van der Waals surface area contributed by atoms with E-state index in [1.54, 1.807) is 17.8 Å². The Hall–Kier alpha value is -2.02. The first-order valence-electron chi connectivity index (χ1n) is 6.92. The molecule has 2 amide bonds. The second-order valence-corrected chi connectivity index (χ2v) is 5.79. The van der Waals surface area contributed by atoms with Gasteiger partial charge in [-0.2, -0.15) is 0 Å². The van der Waals surface area contributed by atoms with Crippen molar-refractivity contribution in [2.75, 3.05) is 13.6 Å². The number of likely N-dealkylation sites (tertiary alicyclic amines) is 1. The Morgan fingerprint density at radius 1 is 1.36 bits per heavy atom. The SMILES string of the molecule is CNC(=O)[C@H]1CC[C@@H](C(=O)O)N(C(=O)c2cc(Cl)cn2C)C1. The summed E-state index contributed by atoms with van der Waals surface area (Å²) in [6.45, 7) is 0.0816. The molecule has 0 bridgehead atoms. The highest BCUT2D eigenvalue weighted by molar-refractivity contribution is 6.31. The molecule has 2 heterocycles. The average Bonchev–Trinajstić information content (AvgIpc) is 2.83. The van der Waals surface area contributed by atoms with E-state index in [1.165, 1.54) is 18.0 Å². The van der Waals surface area contributed by atoms with E-state index in [4.69, 9.17) is 11.6 Å². The van der Waals surface area contributed by atoms with Crippen LogP contribution in [0.2, 0.25) is 5.02 Å². The van der Waals surface area contributed by atoms with Gasteiger partial charge in [0.05, 0.1) is 10.9 Å². The molecule has 2 rings (SSSR count). The van der Waals surface area contributed by atoms with Gasteiger partial charge in [0.1, 0.15) is 11.7 Å². The van der Waals surface area contributed by atoms with Gasteiger partial charge in [0.25, 0.3) is 5.91 Å². The number of hydrogen-bond donors (Lipinski definition) is 2. The van der Waals surface area contributed by atoms with E-state index >= 15 is 0 Å². The number of nitrogens with zero attached hydrogens (tertiary/aromatic N) is 2. The predicted octanol–water partition coefficient (Wildman–Crippen LogP) is 0.730. The minimum absolute atomic E-state index is 0.0816. The molecule has 1 saturated heterocycles. The molecule has 1 aromatic heterocycles. The molecule has 0 radical (unpaired) electrons. The molecular formula is C14H18ClN3O4. The fraction of sp³-hybridized carbons (Fsp3) is 0.500. The molecule has 8 heteroatoms. The first kappa shape index (κ1) is 16.4. The fourth-order valence-corrected chi connectivity index (χ4v) is 3.00. The Bertz CT molecular complexity index is 613. The molecule has 1 aliphatic rings. The Morgan fingerprint density at radius 3 is 2.55 bits per heavy atom. The lowest BCUT2D eigenvalue weighted by molar-refractivity contribution is -0.145. The first-order chi connectivity index (χ1) is 10.3. The third kappa shape index (κ3) is 3.09. The number of carboxylic acids is 1. The number of carboxylic acid groups (broad SMARTS) is 1. The van der Waals surface area contributed by atoms with Gasteiger partial charge in [-0.1, -0.05) is 11.6 Å². The van der Waals surface area contributed by atoms with Crippen LogP contribution in [0.4, 0.5) is 0 Å². The van der Waals surface area contributed by atoms with Gasteiger partial charge < -0.3 is 19.9 Å². The van der Waals surface area contributed by atoms with Crippen LogP contribution >= 0.6 is 11.6 Å². The van der Waals surface area contributed by atoms with Gasteiger partial charge in [-0.15, -0.1) is 0 Å². The quantitative estimate of drug-likeness (QED) is 0.856. The number of amides is 2.